The Hall–Kier alpha value is -1.38. The fraction of sp³-hybridized carbons (Fsp3) is 0.533. The van der Waals surface area contributed by atoms with Crippen molar-refractivity contribution in [1.29, 1.82) is 5.26 Å². The molecule has 4 nitrogen and oxygen atoms in total. The zero-order valence-corrected chi connectivity index (χ0v) is 12.1. The Morgan fingerprint density at radius 1 is 1.30 bits per heavy atom. The van der Waals surface area contributed by atoms with Crippen LogP contribution in [0, 0.1) is 22.7 Å². The van der Waals surface area contributed by atoms with Gasteiger partial charge in [0.1, 0.15) is 0 Å². The molecule has 2 saturated carbocycles. The van der Waals surface area contributed by atoms with E-state index in [0.717, 1.165) is 18.8 Å². The number of nitriles is 1. The van der Waals surface area contributed by atoms with Crippen LogP contribution in [0.5, 0.6) is 0 Å². The lowest BCUT2D eigenvalue weighted by molar-refractivity contribution is 0.431. The SMILES string of the molecule is N#Cc1ccccc1CS(=O)(=O)NCC1(C2CC2)CC1. The molecule has 2 fully saturated rings. The van der Waals surface area contributed by atoms with Crippen LogP contribution in [0.4, 0.5) is 0 Å². The molecule has 0 aromatic heterocycles. The molecule has 0 saturated heterocycles. The first-order valence-electron chi connectivity index (χ1n) is 7.00. The van der Waals surface area contributed by atoms with E-state index in [1.165, 1.54) is 12.8 Å². The van der Waals surface area contributed by atoms with Gasteiger partial charge in [-0.25, -0.2) is 13.1 Å². The van der Waals surface area contributed by atoms with Gasteiger partial charge in [0.25, 0.3) is 0 Å². The van der Waals surface area contributed by atoms with Crippen LogP contribution in [0.15, 0.2) is 24.3 Å². The third-order valence-corrected chi connectivity index (χ3v) is 5.74. The van der Waals surface area contributed by atoms with Crippen LogP contribution in [0.25, 0.3) is 0 Å². The van der Waals surface area contributed by atoms with Gasteiger partial charge in [-0.2, -0.15) is 5.26 Å². The molecular formula is C15H18N2O2S. The Balaban J connectivity index is 1.65. The monoisotopic (exact) mass is 290 g/mol. The number of hydrogen-bond acceptors (Lipinski definition) is 3. The molecule has 0 aliphatic heterocycles. The summed E-state index contributed by atoms with van der Waals surface area (Å²) in [5.74, 6) is 0.619. The molecule has 1 aromatic carbocycles. The molecule has 106 valence electrons. The molecule has 0 radical (unpaired) electrons. The summed E-state index contributed by atoms with van der Waals surface area (Å²) in [6.45, 7) is 0.564. The maximum Gasteiger partial charge on any atom is 0.215 e. The highest BCUT2D eigenvalue weighted by atomic mass is 32.2. The third kappa shape index (κ3) is 2.87. The summed E-state index contributed by atoms with van der Waals surface area (Å²) in [5, 5.41) is 9.00. The van der Waals surface area contributed by atoms with Crippen LogP contribution in [0.2, 0.25) is 0 Å². The van der Waals surface area contributed by atoms with Gasteiger partial charge in [-0.05, 0) is 48.6 Å². The number of sulfonamides is 1. The smallest absolute Gasteiger partial charge is 0.214 e. The summed E-state index contributed by atoms with van der Waals surface area (Å²) in [6.07, 6.45) is 4.79. The normalized spacial score (nSPS) is 20.4. The number of benzene rings is 1. The van der Waals surface area contributed by atoms with Crippen molar-refractivity contribution in [2.75, 3.05) is 6.54 Å². The van der Waals surface area contributed by atoms with Crippen molar-refractivity contribution in [3.05, 3.63) is 35.4 Å². The first kappa shape index (κ1) is 13.6. The minimum absolute atomic E-state index is 0.114. The van der Waals surface area contributed by atoms with Gasteiger partial charge >= 0.3 is 0 Å². The lowest BCUT2D eigenvalue weighted by Gasteiger charge is -2.15. The van der Waals surface area contributed by atoms with Crippen molar-refractivity contribution in [3.8, 4) is 6.07 Å². The molecule has 2 aliphatic carbocycles. The fourth-order valence-electron chi connectivity index (χ4n) is 2.85. The number of nitrogens with zero attached hydrogens (tertiary/aromatic N) is 1. The second-order valence-corrected chi connectivity index (χ2v) is 7.79. The topological polar surface area (TPSA) is 70.0 Å². The Labute approximate surface area is 119 Å². The van der Waals surface area contributed by atoms with Crippen LogP contribution >= 0.6 is 0 Å². The summed E-state index contributed by atoms with van der Waals surface area (Å²) in [6, 6.07) is 8.90. The maximum absolute atomic E-state index is 12.2. The van der Waals surface area contributed by atoms with E-state index in [-0.39, 0.29) is 11.2 Å². The van der Waals surface area contributed by atoms with Crippen molar-refractivity contribution in [2.45, 2.75) is 31.4 Å². The molecule has 3 rings (SSSR count). The standard InChI is InChI=1S/C15H18N2O2S/c16-9-12-3-1-2-4-13(12)10-20(18,19)17-11-15(7-8-15)14-5-6-14/h1-4,14,17H,5-8,10-11H2. The van der Waals surface area contributed by atoms with Crippen molar-refractivity contribution < 1.29 is 8.42 Å². The first-order valence-corrected chi connectivity index (χ1v) is 8.65. The zero-order valence-electron chi connectivity index (χ0n) is 11.3. The van der Waals surface area contributed by atoms with Crippen LogP contribution in [-0.2, 0) is 15.8 Å². The molecule has 5 heteroatoms. The molecule has 1 aromatic rings. The second-order valence-electron chi connectivity index (χ2n) is 5.99. The molecule has 20 heavy (non-hydrogen) atoms. The predicted molar refractivity (Wildman–Crippen MR) is 76.2 cm³/mol. The molecule has 0 spiro atoms. The van der Waals surface area contributed by atoms with Crippen LogP contribution in [0.1, 0.15) is 36.8 Å². The number of nitrogens with one attached hydrogen (secondary N) is 1. The second kappa shape index (κ2) is 4.87. The van der Waals surface area contributed by atoms with Gasteiger partial charge in [0, 0.05) is 6.54 Å². The van der Waals surface area contributed by atoms with E-state index >= 15 is 0 Å². The van der Waals surface area contributed by atoms with Crippen LogP contribution in [0.3, 0.4) is 0 Å². The van der Waals surface area contributed by atoms with E-state index in [1.807, 2.05) is 6.07 Å². The van der Waals surface area contributed by atoms with Gasteiger partial charge in [-0.1, -0.05) is 18.2 Å². The summed E-state index contributed by atoms with van der Waals surface area (Å²) in [5.41, 5.74) is 1.25. The maximum atomic E-state index is 12.2. The lowest BCUT2D eigenvalue weighted by atomic mass is 10.0. The van der Waals surface area contributed by atoms with E-state index < -0.39 is 10.0 Å². The average Bonchev–Trinajstić information content (AvgIpc) is 3.28. The predicted octanol–water partition coefficient (Wildman–Crippen LogP) is 2.17. The molecule has 0 unspecified atom stereocenters. The number of rotatable bonds is 6. The van der Waals surface area contributed by atoms with Gasteiger partial charge in [-0.3, -0.25) is 0 Å². The lowest BCUT2D eigenvalue weighted by Crippen LogP contribution is -2.32. The Morgan fingerprint density at radius 2 is 2.00 bits per heavy atom. The van der Waals surface area contributed by atoms with Crippen molar-refractivity contribution in [3.63, 3.8) is 0 Å². The molecule has 0 amide bonds. The van der Waals surface area contributed by atoms with Gasteiger partial charge in [0.2, 0.25) is 10.0 Å². The quantitative estimate of drug-likeness (QED) is 0.873. The molecule has 0 atom stereocenters. The van der Waals surface area contributed by atoms with E-state index in [0.29, 0.717) is 17.7 Å². The average molecular weight is 290 g/mol. The summed E-state index contributed by atoms with van der Waals surface area (Å²) >= 11 is 0. The van der Waals surface area contributed by atoms with Gasteiger partial charge in [0.15, 0.2) is 0 Å². The molecule has 1 N–H and O–H groups in total. The highest BCUT2D eigenvalue weighted by Crippen LogP contribution is 2.60. The van der Waals surface area contributed by atoms with E-state index in [1.54, 1.807) is 24.3 Å². The van der Waals surface area contributed by atoms with E-state index in [2.05, 4.69) is 4.72 Å². The third-order valence-electron chi connectivity index (χ3n) is 4.46. The summed E-state index contributed by atoms with van der Waals surface area (Å²) in [4.78, 5) is 0. The summed E-state index contributed by atoms with van der Waals surface area (Å²) in [7, 11) is -3.37. The van der Waals surface area contributed by atoms with E-state index in [4.69, 9.17) is 5.26 Å². The minimum atomic E-state index is -3.37. The van der Waals surface area contributed by atoms with Crippen LogP contribution in [-0.4, -0.2) is 15.0 Å². The Morgan fingerprint density at radius 3 is 2.60 bits per heavy atom. The minimum Gasteiger partial charge on any atom is -0.214 e. The van der Waals surface area contributed by atoms with Crippen LogP contribution < -0.4 is 4.72 Å². The Kier molecular flexibility index (Phi) is 3.31. The van der Waals surface area contributed by atoms with Gasteiger partial charge < -0.3 is 0 Å². The van der Waals surface area contributed by atoms with Gasteiger partial charge in [0.05, 0.1) is 17.4 Å². The molecular weight excluding hydrogens is 272 g/mol. The zero-order chi connectivity index (χ0) is 14.2. The fourth-order valence-corrected chi connectivity index (χ4v) is 4.12. The highest BCUT2D eigenvalue weighted by molar-refractivity contribution is 7.88. The van der Waals surface area contributed by atoms with Gasteiger partial charge in [-0.15, -0.1) is 0 Å². The van der Waals surface area contributed by atoms with Crippen molar-refractivity contribution in [1.82, 2.24) is 4.72 Å². The summed E-state index contributed by atoms with van der Waals surface area (Å²) < 4.78 is 27.1. The van der Waals surface area contributed by atoms with Crippen molar-refractivity contribution in [2.24, 2.45) is 11.3 Å². The van der Waals surface area contributed by atoms with E-state index in [9.17, 15) is 8.42 Å². The molecule has 0 bridgehead atoms. The van der Waals surface area contributed by atoms with Crippen molar-refractivity contribution >= 4 is 10.0 Å². The highest BCUT2D eigenvalue weighted by Gasteiger charge is 2.53. The molecule has 2 aliphatic rings. The Bertz CT molecular complexity index is 653. The molecule has 0 heterocycles. The first-order chi connectivity index (χ1) is 9.55. The number of hydrogen-bond donors (Lipinski definition) is 1. The largest absolute Gasteiger partial charge is 0.215 e.